The quantitative estimate of drug-likeness (QED) is 0.712. The van der Waals surface area contributed by atoms with Crippen LogP contribution >= 0.6 is 11.3 Å². The molecule has 1 aromatic rings. The highest BCUT2D eigenvalue weighted by Crippen LogP contribution is 2.26. The van der Waals surface area contributed by atoms with Crippen molar-refractivity contribution in [3.05, 3.63) is 16.3 Å². The Morgan fingerprint density at radius 2 is 2.05 bits per heavy atom. The molecule has 4 nitrogen and oxygen atoms in total. The Morgan fingerprint density at radius 3 is 2.60 bits per heavy atom. The SMILES string of the molecule is CCCNCc1sccc1S(=O)(=O)N(CC)C(C)CC. The summed E-state index contributed by atoms with van der Waals surface area (Å²) in [5.41, 5.74) is 0. The topological polar surface area (TPSA) is 49.4 Å². The third kappa shape index (κ3) is 4.04. The fraction of sp³-hybridized carbons (Fsp3) is 0.714. The summed E-state index contributed by atoms with van der Waals surface area (Å²) in [5, 5.41) is 5.14. The molecule has 0 saturated heterocycles. The van der Waals surface area contributed by atoms with Crippen molar-refractivity contribution < 1.29 is 8.42 Å². The van der Waals surface area contributed by atoms with E-state index in [1.54, 1.807) is 10.4 Å². The van der Waals surface area contributed by atoms with Gasteiger partial charge in [-0.05, 0) is 37.8 Å². The number of thiophene rings is 1. The van der Waals surface area contributed by atoms with Crippen LogP contribution in [0.4, 0.5) is 0 Å². The Bertz CT molecular complexity index is 497. The fourth-order valence-corrected chi connectivity index (χ4v) is 5.21. The van der Waals surface area contributed by atoms with Gasteiger partial charge in [-0.15, -0.1) is 11.3 Å². The molecule has 1 heterocycles. The van der Waals surface area contributed by atoms with E-state index >= 15 is 0 Å². The van der Waals surface area contributed by atoms with Crippen LogP contribution in [0.3, 0.4) is 0 Å². The number of hydrogen-bond donors (Lipinski definition) is 1. The highest BCUT2D eigenvalue weighted by Gasteiger charge is 2.29. The predicted octanol–water partition coefficient (Wildman–Crippen LogP) is 3.06. The van der Waals surface area contributed by atoms with Gasteiger partial charge in [-0.2, -0.15) is 4.31 Å². The van der Waals surface area contributed by atoms with Gasteiger partial charge < -0.3 is 5.32 Å². The molecule has 1 N–H and O–H groups in total. The predicted molar refractivity (Wildman–Crippen MR) is 85.6 cm³/mol. The summed E-state index contributed by atoms with van der Waals surface area (Å²) in [6.45, 7) is 10.0. The first-order chi connectivity index (χ1) is 9.48. The molecule has 6 heteroatoms. The first-order valence-corrected chi connectivity index (χ1v) is 9.59. The van der Waals surface area contributed by atoms with E-state index in [2.05, 4.69) is 12.2 Å². The number of sulfonamides is 1. The van der Waals surface area contributed by atoms with Gasteiger partial charge >= 0.3 is 0 Å². The maximum atomic E-state index is 12.8. The van der Waals surface area contributed by atoms with Gasteiger partial charge in [0.2, 0.25) is 10.0 Å². The van der Waals surface area contributed by atoms with Crippen LogP contribution in [-0.4, -0.2) is 31.9 Å². The smallest absolute Gasteiger partial charge is 0.244 e. The minimum atomic E-state index is -3.38. The number of nitrogens with one attached hydrogen (secondary N) is 1. The van der Waals surface area contributed by atoms with Crippen LogP contribution < -0.4 is 5.32 Å². The fourth-order valence-electron chi connectivity index (χ4n) is 2.11. The maximum Gasteiger partial charge on any atom is 0.244 e. The molecule has 1 aromatic heterocycles. The summed E-state index contributed by atoms with van der Waals surface area (Å²) >= 11 is 1.51. The zero-order chi connectivity index (χ0) is 15.2. The Hall–Kier alpha value is -0.430. The van der Waals surface area contributed by atoms with E-state index < -0.39 is 10.0 Å². The summed E-state index contributed by atoms with van der Waals surface area (Å²) in [7, 11) is -3.38. The average Bonchev–Trinajstić information content (AvgIpc) is 2.88. The highest BCUT2D eigenvalue weighted by atomic mass is 32.2. The summed E-state index contributed by atoms with van der Waals surface area (Å²) < 4.78 is 27.2. The molecular weight excluding hydrogens is 292 g/mol. The van der Waals surface area contributed by atoms with Crippen molar-refractivity contribution in [2.45, 2.75) is 58.0 Å². The van der Waals surface area contributed by atoms with Gasteiger partial charge in [0.25, 0.3) is 0 Å². The van der Waals surface area contributed by atoms with Crippen molar-refractivity contribution in [2.75, 3.05) is 13.1 Å². The lowest BCUT2D eigenvalue weighted by Gasteiger charge is -2.26. The zero-order valence-electron chi connectivity index (χ0n) is 12.8. The number of hydrogen-bond acceptors (Lipinski definition) is 4. The molecule has 0 bridgehead atoms. The molecule has 20 heavy (non-hydrogen) atoms. The molecule has 0 spiro atoms. The molecule has 1 unspecified atom stereocenters. The van der Waals surface area contributed by atoms with Crippen LogP contribution in [0.15, 0.2) is 16.3 Å². The van der Waals surface area contributed by atoms with E-state index in [0.717, 1.165) is 24.3 Å². The second-order valence-corrected chi connectivity index (χ2v) is 7.71. The second-order valence-electron chi connectivity index (χ2n) is 4.85. The van der Waals surface area contributed by atoms with Crippen molar-refractivity contribution in [1.82, 2.24) is 9.62 Å². The lowest BCUT2D eigenvalue weighted by atomic mass is 10.3. The monoisotopic (exact) mass is 318 g/mol. The van der Waals surface area contributed by atoms with Crippen molar-refractivity contribution >= 4 is 21.4 Å². The molecule has 0 aliphatic carbocycles. The molecule has 0 amide bonds. The minimum absolute atomic E-state index is 0.0290. The summed E-state index contributed by atoms with van der Waals surface area (Å²) in [6.07, 6.45) is 1.86. The highest BCUT2D eigenvalue weighted by molar-refractivity contribution is 7.89. The lowest BCUT2D eigenvalue weighted by Crippen LogP contribution is -2.38. The number of nitrogens with zero attached hydrogens (tertiary/aromatic N) is 1. The third-order valence-electron chi connectivity index (χ3n) is 3.40. The van der Waals surface area contributed by atoms with Crippen LogP contribution in [0.25, 0.3) is 0 Å². The molecule has 0 aliphatic heterocycles. The summed E-state index contributed by atoms with van der Waals surface area (Å²) in [4.78, 5) is 1.37. The van der Waals surface area contributed by atoms with Gasteiger partial charge in [0.15, 0.2) is 0 Å². The zero-order valence-corrected chi connectivity index (χ0v) is 14.5. The molecule has 1 atom stereocenters. The van der Waals surface area contributed by atoms with Crippen LogP contribution in [-0.2, 0) is 16.6 Å². The van der Waals surface area contributed by atoms with Gasteiger partial charge in [0.1, 0.15) is 0 Å². The minimum Gasteiger partial charge on any atom is -0.312 e. The van der Waals surface area contributed by atoms with Crippen LogP contribution in [0.2, 0.25) is 0 Å². The Labute approximate surface area is 127 Å². The van der Waals surface area contributed by atoms with Crippen LogP contribution in [0.5, 0.6) is 0 Å². The van der Waals surface area contributed by atoms with Gasteiger partial charge in [-0.3, -0.25) is 0 Å². The van der Waals surface area contributed by atoms with E-state index in [0.29, 0.717) is 18.0 Å². The van der Waals surface area contributed by atoms with E-state index in [9.17, 15) is 8.42 Å². The molecule has 0 aromatic carbocycles. The van der Waals surface area contributed by atoms with Crippen molar-refractivity contribution in [1.29, 1.82) is 0 Å². The Morgan fingerprint density at radius 1 is 1.35 bits per heavy atom. The standard InChI is InChI=1S/C14H26N2O2S2/c1-5-9-15-11-13-14(8-10-19-13)20(17,18)16(7-3)12(4)6-2/h8,10,12,15H,5-7,9,11H2,1-4H3. The normalized spacial score (nSPS) is 13.8. The van der Waals surface area contributed by atoms with Crippen LogP contribution in [0, 0.1) is 0 Å². The maximum absolute atomic E-state index is 12.8. The summed E-state index contributed by atoms with van der Waals surface area (Å²) in [6, 6.07) is 1.76. The van der Waals surface area contributed by atoms with E-state index in [4.69, 9.17) is 0 Å². The van der Waals surface area contributed by atoms with E-state index in [-0.39, 0.29) is 6.04 Å². The van der Waals surface area contributed by atoms with Crippen LogP contribution in [0.1, 0.15) is 45.4 Å². The molecule has 0 saturated carbocycles. The average molecular weight is 319 g/mol. The van der Waals surface area contributed by atoms with Crippen molar-refractivity contribution in [3.63, 3.8) is 0 Å². The van der Waals surface area contributed by atoms with Gasteiger partial charge in [-0.25, -0.2) is 8.42 Å². The molecule has 0 fully saturated rings. The van der Waals surface area contributed by atoms with Gasteiger partial charge in [0.05, 0.1) is 4.90 Å². The van der Waals surface area contributed by atoms with Gasteiger partial charge in [0, 0.05) is 24.0 Å². The number of rotatable bonds is 9. The molecule has 0 radical (unpaired) electrons. The molecule has 0 aliphatic rings. The molecular formula is C14H26N2O2S2. The first kappa shape index (κ1) is 17.6. The first-order valence-electron chi connectivity index (χ1n) is 7.27. The lowest BCUT2D eigenvalue weighted by molar-refractivity contribution is 0.342. The Kier molecular flexibility index (Phi) is 7.15. The largest absolute Gasteiger partial charge is 0.312 e. The molecule has 116 valence electrons. The van der Waals surface area contributed by atoms with E-state index in [1.807, 2.05) is 26.2 Å². The van der Waals surface area contributed by atoms with Crippen molar-refractivity contribution in [3.8, 4) is 0 Å². The third-order valence-corrected chi connectivity index (χ3v) is 6.62. The van der Waals surface area contributed by atoms with E-state index in [1.165, 1.54) is 11.3 Å². The van der Waals surface area contributed by atoms with Gasteiger partial charge in [-0.1, -0.05) is 20.8 Å². The molecule has 1 rings (SSSR count). The summed E-state index contributed by atoms with van der Waals surface area (Å²) in [5.74, 6) is 0. The second kappa shape index (κ2) is 8.12. The Balaban J connectivity index is 3.00. The van der Waals surface area contributed by atoms with Crippen molar-refractivity contribution in [2.24, 2.45) is 0 Å².